The van der Waals surface area contributed by atoms with Crippen LogP contribution in [0.25, 0.3) is 0 Å². The monoisotopic (exact) mass is 285 g/mol. The topological polar surface area (TPSA) is 30.5 Å². The van der Waals surface area contributed by atoms with Gasteiger partial charge in [-0.15, -0.1) is 0 Å². The number of rotatable bonds is 7. The molecule has 3 nitrogen and oxygen atoms in total. The zero-order chi connectivity index (χ0) is 15.2. The highest BCUT2D eigenvalue weighted by Gasteiger charge is 2.35. The molecule has 0 aromatic carbocycles. The number of ether oxygens (including phenoxy) is 2. The Bertz CT molecular complexity index is 273. The Morgan fingerprint density at radius 1 is 1.25 bits per heavy atom. The van der Waals surface area contributed by atoms with Gasteiger partial charge in [-0.05, 0) is 39.5 Å². The molecule has 0 amide bonds. The van der Waals surface area contributed by atoms with E-state index in [1.807, 2.05) is 0 Å². The maximum atomic E-state index is 6.30. The molecule has 0 spiro atoms. The summed E-state index contributed by atoms with van der Waals surface area (Å²) in [5.74, 6) is 0.765. The van der Waals surface area contributed by atoms with Gasteiger partial charge >= 0.3 is 0 Å². The number of nitrogens with one attached hydrogen (secondary N) is 1. The molecule has 1 aliphatic carbocycles. The van der Waals surface area contributed by atoms with Crippen LogP contribution in [0.1, 0.15) is 67.2 Å². The van der Waals surface area contributed by atoms with Crippen LogP contribution in [-0.4, -0.2) is 37.0 Å². The number of hydrogen-bond acceptors (Lipinski definition) is 3. The zero-order valence-corrected chi connectivity index (χ0v) is 14.4. The van der Waals surface area contributed by atoms with E-state index < -0.39 is 0 Å². The SMILES string of the molecule is CC1CCCC(CNC(C)C)(OCCOC(C)(C)C)C1. The first kappa shape index (κ1) is 17.9. The van der Waals surface area contributed by atoms with Crippen LogP contribution in [0.3, 0.4) is 0 Å². The maximum Gasteiger partial charge on any atom is 0.0810 e. The molecule has 0 aromatic heterocycles. The second-order valence-corrected chi connectivity index (χ2v) is 7.73. The van der Waals surface area contributed by atoms with Gasteiger partial charge in [-0.25, -0.2) is 0 Å². The van der Waals surface area contributed by atoms with E-state index in [1.165, 1.54) is 25.7 Å². The van der Waals surface area contributed by atoms with E-state index in [-0.39, 0.29) is 11.2 Å². The van der Waals surface area contributed by atoms with E-state index in [2.05, 4.69) is 46.9 Å². The Morgan fingerprint density at radius 2 is 1.95 bits per heavy atom. The van der Waals surface area contributed by atoms with Gasteiger partial charge in [0.2, 0.25) is 0 Å². The third kappa shape index (κ3) is 7.05. The van der Waals surface area contributed by atoms with Gasteiger partial charge in [-0.2, -0.15) is 0 Å². The third-order valence-electron chi connectivity index (χ3n) is 3.91. The summed E-state index contributed by atoms with van der Waals surface area (Å²) in [6, 6.07) is 0.513. The van der Waals surface area contributed by atoms with E-state index in [0.29, 0.717) is 19.3 Å². The average molecular weight is 285 g/mol. The number of hydrogen-bond donors (Lipinski definition) is 1. The zero-order valence-electron chi connectivity index (χ0n) is 14.4. The Labute approximate surface area is 125 Å². The summed E-state index contributed by atoms with van der Waals surface area (Å²) < 4.78 is 12.1. The standard InChI is InChI=1S/C17H35NO2/c1-14(2)18-13-17(9-7-8-15(3)12-17)20-11-10-19-16(4,5)6/h14-15,18H,7-13H2,1-6H3. The van der Waals surface area contributed by atoms with Crippen molar-refractivity contribution in [2.24, 2.45) is 5.92 Å². The van der Waals surface area contributed by atoms with Crippen molar-refractivity contribution in [3.8, 4) is 0 Å². The molecule has 1 aliphatic rings. The lowest BCUT2D eigenvalue weighted by Gasteiger charge is -2.41. The van der Waals surface area contributed by atoms with Crippen molar-refractivity contribution in [1.29, 1.82) is 0 Å². The van der Waals surface area contributed by atoms with Gasteiger partial charge in [0, 0.05) is 12.6 Å². The molecular weight excluding hydrogens is 250 g/mol. The minimum absolute atomic E-state index is 0.0170. The summed E-state index contributed by atoms with van der Waals surface area (Å²) in [5.41, 5.74) is -0.0598. The Hall–Kier alpha value is -0.120. The first-order chi connectivity index (χ1) is 9.22. The molecule has 3 heteroatoms. The van der Waals surface area contributed by atoms with Crippen molar-refractivity contribution in [3.05, 3.63) is 0 Å². The Balaban J connectivity index is 2.45. The van der Waals surface area contributed by atoms with Gasteiger partial charge in [-0.3, -0.25) is 0 Å². The van der Waals surface area contributed by atoms with Gasteiger partial charge < -0.3 is 14.8 Å². The van der Waals surface area contributed by atoms with Crippen LogP contribution in [-0.2, 0) is 9.47 Å². The second kappa shape index (κ2) is 7.77. The molecule has 1 fully saturated rings. The molecule has 1 N–H and O–H groups in total. The minimum atomic E-state index is -0.0768. The molecule has 0 aromatic rings. The van der Waals surface area contributed by atoms with Crippen LogP contribution < -0.4 is 5.32 Å². The molecule has 1 rings (SSSR count). The van der Waals surface area contributed by atoms with Gasteiger partial charge in [-0.1, -0.05) is 33.6 Å². The summed E-state index contributed by atoms with van der Waals surface area (Å²) in [6.07, 6.45) is 4.96. The fraction of sp³-hybridized carbons (Fsp3) is 1.00. The smallest absolute Gasteiger partial charge is 0.0810 e. The first-order valence-corrected chi connectivity index (χ1v) is 8.24. The maximum absolute atomic E-state index is 6.30. The summed E-state index contributed by atoms with van der Waals surface area (Å²) in [5, 5.41) is 3.57. The molecule has 0 aliphatic heterocycles. The molecule has 120 valence electrons. The molecule has 0 heterocycles. The van der Waals surface area contributed by atoms with Crippen LogP contribution in [0.4, 0.5) is 0 Å². The van der Waals surface area contributed by atoms with E-state index in [1.54, 1.807) is 0 Å². The van der Waals surface area contributed by atoms with E-state index in [9.17, 15) is 0 Å². The van der Waals surface area contributed by atoms with Gasteiger partial charge in [0.1, 0.15) is 0 Å². The minimum Gasteiger partial charge on any atom is -0.373 e. The molecule has 2 unspecified atom stereocenters. The molecule has 2 atom stereocenters. The quantitative estimate of drug-likeness (QED) is 0.722. The normalized spacial score (nSPS) is 28.1. The molecule has 1 saturated carbocycles. The lowest BCUT2D eigenvalue weighted by molar-refractivity contribution is -0.112. The lowest BCUT2D eigenvalue weighted by atomic mass is 9.78. The predicted molar refractivity (Wildman–Crippen MR) is 85.2 cm³/mol. The van der Waals surface area contributed by atoms with Gasteiger partial charge in [0.05, 0.1) is 24.4 Å². The van der Waals surface area contributed by atoms with Crippen molar-refractivity contribution < 1.29 is 9.47 Å². The predicted octanol–water partition coefficient (Wildman–Crippen LogP) is 3.77. The molecule has 0 radical (unpaired) electrons. The van der Waals surface area contributed by atoms with Gasteiger partial charge in [0.25, 0.3) is 0 Å². The van der Waals surface area contributed by atoms with Crippen molar-refractivity contribution in [2.45, 2.75) is 84.5 Å². The summed E-state index contributed by atoms with van der Waals surface area (Å²) in [7, 11) is 0. The van der Waals surface area contributed by atoms with Crippen molar-refractivity contribution >= 4 is 0 Å². The largest absolute Gasteiger partial charge is 0.373 e. The molecule has 20 heavy (non-hydrogen) atoms. The van der Waals surface area contributed by atoms with Crippen molar-refractivity contribution in [2.75, 3.05) is 19.8 Å². The van der Waals surface area contributed by atoms with Crippen LogP contribution >= 0.6 is 0 Å². The van der Waals surface area contributed by atoms with Gasteiger partial charge in [0.15, 0.2) is 0 Å². The lowest BCUT2D eigenvalue weighted by Crippen LogP contribution is -2.48. The van der Waals surface area contributed by atoms with Crippen molar-refractivity contribution in [1.82, 2.24) is 5.32 Å². The Morgan fingerprint density at radius 3 is 2.50 bits per heavy atom. The van der Waals surface area contributed by atoms with Crippen LogP contribution in [0.15, 0.2) is 0 Å². The third-order valence-corrected chi connectivity index (χ3v) is 3.91. The summed E-state index contributed by atoms with van der Waals surface area (Å²) >= 11 is 0. The molecule has 0 bridgehead atoms. The van der Waals surface area contributed by atoms with E-state index >= 15 is 0 Å². The Kier molecular flexibility index (Phi) is 6.96. The highest BCUT2D eigenvalue weighted by Crippen LogP contribution is 2.35. The highest BCUT2D eigenvalue weighted by atomic mass is 16.5. The fourth-order valence-electron chi connectivity index (χ4n) is 2.95. The first-order valence-electron chi connectivity index (χ1n) is 8.24. The second-order valence-electron chi connectivity index (χ2n) is 7.73. The summed E-state index contributed by atoms with van der Waals surface area (Å²) in [4.78, 5) is 0. The van der Waals surface area contributed by atoms with Crippen molar-refractivity contribution in [3.63, 3.8) is 0 Å². The fourth-order valence-corrected chi connectivity index (χ4v) is 2.95. The van der Waals surface area contributed by atoms with E-state index in [4.69, 9.17) is 9.47 Å². The highest BCUT2D eigenvalue weighted by molar-refractivity contribution is 4.89. The van der Waals surface area contributed by atoms with Crippen LogP contribution in [0.2, 0.25) is 0 Å². The van der Waals surface area contributed by atoms with Crippen LogP contribution in [0.5, 0.6) is 0 Å². The average Bonchev–Trinajstić information content (AvgIpc) is 2.31. The molecular formula is C17H35NO2. The van der Waals surface area contributed by atoms with E-state index in [0.717, 1.165) is 12.5 Å². The summed E-state index contributed by atoms with van der Waals surface area (Å²) in [6.45, 7) is 15.3. The van der Waals surface area contributed by atoms with Crippen LogP contribution in [0, 0.1) is 5.92 Å². The molecule has 0 saturated heterocycles.